The van der Waals surface area contributed by atoms with E-state index in [2.05, 4.69) is 56.9 Å². The number of nitrogens with one attached hydrogen (secondary N) is 2. The van der Waals surface area contributed by atoms with Gasteiger partial charge in [-0.2, -0.15) is 0 Å². The summed E-state index contributed by atoms with van der Waals surface area (Å²) in [5.41, 5.74) is 5.16. The van der Waals surface area contributed by atoms with Gasteiger partial charge in [-0.25, -0.2) is 9.37 Å². The first kappa shape index (κ1) is 23.7. The van der Waals surface area contributed by atoms with Crippen LogP contribution in [-0.2, 0) is 6.42 Å². The molecule has 2 aromatic carbocycles. The summed E-state index contributed by atoms with van der Waals surface area (Å²) in [6, 6.07) is 13.2. The molecule has 0 fully saturated rings. The molecule has 2 aromatic heterocycles. The van der Waals surface area contributed by atoms with E-state index in [1.807, 2.05) is 13.0 Å². The molecule has 4 aromatic rings. The number of benzene rings is 2. The van der Waals surface area contributed by atoms with E-state index in [-0.39, 0.29) is 5.82 Å². The minimum absolute atomic E-state index is 0.259. The van der Waals surface area contributed by atoms with Crippen LogP contribution in [0.4, 0.5) is 10.2 Å². The van der Waals surface area contributed by atoms with E-state index in [0.29, 0.717) is 11.3 Å². The van der Waals surface area contributed by atoms with Gasteiger partial charge in [0.1, 0.15) is 11.6 Å². The highest BCUT2D eigenvalue weighted by atomic mass is 19.1. The fourth-order valence-electron chi connectivity index (χ4n) is 4.17. The van der Waals surface area contributed by atoms with Crippen LogP contribution in [0.25, 0.3) is 22.4 Å². The molecule has 34 heavy (non-hydrogen) atoms. The molecule has 0 aliphatic rings. The summed E-state index contributed by atoms with van der Waals surface area (Å²) in [6.07, 6.45) is 6.56. The molecule has 6 nitrogen and oxygen atoms in total. The normalized spacial score (nSPS) is 11.3. The number of fused-ring (bicyclic) bond motifs is 3. The number of nitrogens with zero attached hydrogens (tertiary/aromatic N) is 4. The molecule has 0 atom stereocenters. The smallest absolute Gasteiger partial charge is 0.204 e. The minimum Gasteiger partial charge on any atom is -0.385 e. The summed E-state index contributed by atoms with van der Waals surface area (Å²) in [6.45, 7) is 9.62. The predicted octanol–water partition coefficient (Wildman–Crippen LogP) is 5.91. The molecule has 178 valence electrons. The van der Waals surface area contributed by atoms with Gasteiger partial charge >= 0.3 is 0 Å². The van der Waals surface area contributed by atoms with Gasteiger partial charge in [-0.05, 0) is 62.4 Å². The number of hydrogen-bond acceptors (Lipinski definition) is 5. The van der Waals surface area contributed by atoms with Gasteiger partial charge in [0, 0.05) is 24.4 Å². The highest BCUT2D eigenvalue weighted by molar-refractivity contribution is 5.83. The monoisotopic (exact) mass is 460 g/mol. The fourth-order valence-corrected chi connectivity index (χ4v) is 4.17. The van der Waals surface area contributed by atoms with Crippen molar-refractivity contribution in [3.63, 3.8) is 0 Å². The number of anilines is 1. The summed E-state index contributed by atoms with van der Waals surface area (Å²) >= 11 is 0. The Balaban J connectivity index is 1.38. The topological polar surface area (TPSA) is 67.1 Å². The van der Waals surface area contributed by atoms with Crippen molar-refractivity contribution in [1.82, 2.24) is 24.9 Å². The van der Waals surface area contributed by atoms with Gasteiger partial charge < -0.3 is 10.6 Å². The van der Waals surface area contributed by atoms with Gasteiger partial charge in [-0.3, -0.25) is 4.40 Å². The molecule has 4 rings (SSSR count). The number of aryl methyl sites for hydroxylation is 2. The van der Waals surface area contributed by atoms with Crippen LogP contribution in [0.2, 0.25) is 0 Å². The summed E-state index contributed by atoms with van der Waals surface area (Å²) in [5.74, 6) is 1.34. The van der Waals surface area contributed by atoms with E-state index in [1.165, 1.54) is 30.9 Å². The van der Waals surface area contributed by atoms with E-state index in [9.17, 15) is 4.39 Å². The second-order valence-corrected chi connectivity index (χ2v) is 8.67. The van der Waals surface area contributed by atoms with E-state index >= 15 is 0 Å². The lowest BCUT2D eigenvalue weighted by molar-refractivity contribution is 0.621. The number of aromatic nitrogens is 4. The van der Waals surface area contributed by atoms with Crippen LogP contribution in [0.15, 0.2) is 49.0 Å². The summed E-state index contributed by atoms with van der Waals surface area (Å²) in [4.78, 5) is 4.90. The molecule has 0 unspecified atom stereocenters. The number of unbranched alkanes of at least 4 members (excludes halogenated alkanes) is 3. The highest BCUT2D eigenvalue weighted by Gasteiger charge is 2.13. The average Bonchev–Trinajstić information content (AvgIpc) is 3.23. The average molecular weight is 461 g/mol. The molecule has 0 aliphatic carbocycles. The van der Waals surface area contributed by atoms with Crippen LogP contribution in [-0.4, -0.2) is 32.7 Å². The zero-order valence-corrected chi connectivity index (χ0v) is 20.1. The molecular formula is C27H33FN6. The molecule has 0 spiro atoms. The maximum Gasteiger partial charge on any atom is 0.204 e. The van der Waals surface area contributed by atoms with Crippen LogP contribution < -0.4 is 10.6 Å². The Bertz CT molecular complexity index is 1280. The van der Waals surface area contributed by atoms with Crippen LogP contribution in [0, 0.1) is 12.7 Å². The zero-order chi connectivity index (χ0) is 23.9. The lowest BCUT2D eigenvalue weighted by atomic mass is 10.1. The maximum absolute atomic E-state index is 13.9. The Morgan fingerprint density at radius 1 is 1.03 bits per heavy atom. The van der Waals surface area contributed by atoms with Crippen molar-refractivity contribution in [1.29, 1.82) is 0 Å². The third-order valence-electron chi connectivity index (χ3n) is 6.05. The maximum atomic E-state index is 13.9. The van der Waals surface area contributed by atoms with Crippen LogP contribution in [0.3, 0.4) is 0 Å². The van der Waals surface area contributed by atoms with E-state index < -0.39 is 0 Å². The van der Waals surface area contributed by atoms with Crippen molar-refractivity contribution in [2.24, 2.45) is 0 Å². The van der Waals surface area contributed by atoms with Crippen molar-refractivity contribution < 1.29 is 4.39 Å². The lowest BCUT2D eigenvalue weighted by Crippen LogP contribution is -2.15. The predicted molar refractivity (Wildman–Crippen MR) is 137 cm³/mol. The van der Waals surface area contributed by atoms with Crippen molar-refractivity contribution >= 4 is 28.2 Å². The first-order chi connectivity index (χ1) is 16.6. The SMILES string of the molecule is C=C(NCCCCNc1nc2cc(CCCCC)ccc2n2c(C)nnc12)c1ccccc1F. The number of rotatable bonds is 12. The zero-order valence-electron chi connectivity index (χ0n) is 20.1. The first-order valence-electron chi connectivity index (χ1n) is 12.1. The van der Waals surface area contributed by atoms with Crippen LogP contribution in [0.5, 0.6) is 0 Å². The van der Waals surface area contributed by atoms with Crippen molar-refractivity contribution in [3.8, 4) is 0 Å². The fraction of sp³-hybridized carbons (Fsp3) is 0.370. The molecule has 0 radical (unpaired) electrons. The van der Waals surface area contributed by atoms with E-state index in [1.54, 1.807) is 12.1 Å². The Kier molecular flexibility index (Phi) is 7.72. The van der Waals surface area contributed by atoms with Gasteiger partial charge in [0.25, 0.3) is 0 Å². The quantitative estimate of drug-likeness (QED) is 0.257. The van der Waals surface area contributed by atoms with Gasteiger partial charge in [0.2, 0.25) is 5.65 Å². The van der Waals surface area contributed by atoms with Crippen molar-refractivity contribution in [3.05, 3.63) is 71.8 Å². The molecule has 2 N–H and O–H groups in total. The molecule has 0 amide bonds. The third-order valence-corrected chi connectivity index (χ3v) is 6.05. The Hall–Kier alpha value is -3.48. The lowest BCUT2D eigenvalue weighted by Gasteiger charge is -2.12. The first-order valence-corrected chi connectivity index (χ1v) is 12.1. The standard InChI is InChI=1S/C27H33FN6/c1-4-5-6-11-21-14-15-25-24(18-21)31-26(27-33-32-20(3)34(25)27)30-17-10-9-16-29-19(2)22-12-7-8-13-23(22)28/h7-8,12-15,18,29H,2,4-6,9-11,16-17H2,1,3H3,(H,30,31). The van der Waals surface area contributed by atoms with Gasteiger partial charge in [0.15, 0.2) is 5.82 Å². The second kappa shape index (κ2) is 11.1. The van der Waals surface area contributed by atoms with E-state index in [4.69, 9.17) is 4.98 Å². The van der Waals surface area contributed by atoms with Gasteiger partial charge in [-0.15, -0.1) is 10.2 Å². The van der Waals surface area contributed by atoms with Gasteiger partial charge in [-0.1, -0.05) is 44.5 Å². The Labute approximate surface area is 200 Å². The van der Waals surface area contributed by atoms with Crippen LogP contribution in [0.1, 0.15) is 56.0 Å². The molecule has 0 saturated carbocycles. The van der Waals surface area contributed by atoms with Gasteiger partial charge in [0.05, 0.1) is 11.0 Å². The molecule has 0 saturated heterocycles. The highest BCUT2D eigenvalue weighted by Crippen LogP contribution is 2.23. The summed E-state index contributed by atoms with van der Waals surface area (Å²) in [5, 5.41) is 15.3. The largest absolute Gasteiger partial charge is 0.385 e. The number of hydrogen-bond donors (Lipinski definition) is 2. The molecular weight excluding hydrogens is 427 g/mol. The van der Waals surface area contributed by atoms with E-state index in [0.717, 1.165) is 60.7 Å². The number of halogens is 1. The third kappa shape index (κ3) is 5.35. The molecule has 0 aliphatic heterocycles. The minimum atomic E-state index is -0.259. The molecule has 0 bridgehead atoms. The van der Waals surface area contributed by atoms with Crippen molar-refractivity contribution in [2.75, 3.05) is 18.4 Å². The van der Waals surface area contributed by atoms with Crippen LogP contribution >= 0.6 is 0 Å². The Morgan fingerprint density at radius 3 is 2.68 bits per heavy atom. The summed E-state index contributed by atoms with van der Waals surface area (Å²) in [7, 11) is 0. The Morgan fingerprint density at radius 2 is 1.85 bits per heavy atom. The van der Waals surface area contributed by atoms with Crippen molar-refractivity contribution in [2.45, 2.75) is 52.4 Å². The second-order valence-electron chi connectivity index (χ2n) is 8.67. The molecule has 2 heterocycles. The summed E-state index contributed by atoms with van der Waals surface area (Å²) < 4.78 is 15.9. The molecule has 7 heteroatoms.